The van der Waals surface area contributed by atoms with Crippen LogP contribution in [0, 0.1) is 5.92 Å². The van der Waals surface area contributed by atoms with Crippen LogP contribution in [0.1, 0.15) is 59.2 Å². The molecule has 3 amide bonds. The van der Waals surface area contributed by atoms with Crippen LogP contribution in [0.5, 0.6) is 0 Å². The van der Waals surface area contributed by atoms with Crippen molar-refractivity contribution in [3.05, 3.63) is 59.7 Å². The molecule has 1 heterocycles. The van der Waals surface area contributed by atoms with Crippen molar-refractivity contribution in [3.63, 3.8) is 0 Å². The third-order valence-corrected chi connectivity index (χ3v) is 6.83. The van der Waals surface area contributed by atoms with Gasteiger partial charge in [-0.2, -0.15) is 0 Å². The molecule has 0 unspecified atom stereocenters. The molecule has 0 radical (unpaired) electrons. The summed E-state index contributed by atoms with van der Waals surface area (Å²) in [4.78, 5) is 39.7. The van der Waals surface area contributed by atoms with E-state index in [-0.39, 0.29) is 23.6 Å². The van der Waals surface area contributed by atoms with E-state index < -0.39 is 0 Å². The van der Waals surface area contributed by atoms with E-state index in [1.54, 1.807) is 36.0 Å². The fraction of sp³-hybridized carbons (Fsp3) is 0.375. The monoisotopic (exact) mass is 422 g/mol. The predicted octanol–water partition coefficient (Wildman–Crippen LogP) is 4.98. The first-order chi connectivity index (χ1) is 14.6. The van der Waals surface area contributed by atoms with Crippen LogP contribution in [0.2, 0.25) is 0 Å². The molecule has 6 heteroatoms. The van der Waals surface area contributed by atoms with Crippen LogP contribution < -0.4 is 5.32 Å². The van der Waals surface area contributed by atoms with Crippen molar-refractivity contribution in [1.82, 2.24) is 4.90 Å². The topological polar surface area (TPSA) is 66.5 Å². The number of thioether (sulfide) groups is 1. The summed E-state index contributed by atoms with van der Waals surface area (Å²) in [5.74, 6) is 0.645. The molecule has 2 aromatic carbocycles. The van der Waals surface area contributed by atoms with Gasteiger partial charge in [0.1, 0.15) is 0 Å². The molecule has 1 aliphatic heterocycles. The molecule has 30 heavy (non-hydrogen) atoms. The number of amides is 3. The summed E-state index contributed by atoms with van der Waals surface area (Å²) in [6, 6.07) is 14.9. The summed E-state index contributed by atoms with van der Waals surface area (Å²) >= 11 is 1.67. The molecule has 0 spiro atoms. The van der Waals surface area contributed by atoms with Crippen LogP contribution in [0.3, 0.4) is 0 Å². The summed E-state index contributed by atoms with van der Waals surface area (Å²) in [5.41, 5.74) is 1.82. The first-order valence-corrected chi connectivity index (χ1v) is 11.6. The number of imide groups is 1. The minimum Gasteiger partial charge on any atom is -0.326 e. The number of fused-ring (bicyclic) bond motifs is 1. The Labute approximate surface area is 181 Å². The molecule has 2 aliphatic rings. The number of nitrogens with one attached hydrogen (secondary N) is 1. The van der Waals surface area contributed by atoms with Gasteiger partial charge in [-0.05, 0) is 55.3 Å². The lowest BCUT2D eigenvalue weighted by Crippen LogP contribution is -2.30. The molecule has 0 aromatic heterocycles. The normalized spacial score (nSPS) is 16.6. The fourth-order valence-corrected chi connectivity index (χ4v) is 5.02. The molecule has 2 aromatic rings. The number of carbonyl (C=O) groups excluding carboxylic acids is 3. The average Bonchev–Trinajstić information content (AvgIpc) is 3.02. The minimum absolute atomic E-state index is 0.127. The van der Waals surface area contributed by atoms with Crippen LogP contribution >= 0.6 is 11.8 Å². The van der Waals surface area contributed by atoms with Gasteiger partial charge in [-0.3, -0.25) is 19.3 Å². The lowest BCUT2D eigenvalue weighted by molar-refractivity contribution is -0.120. The average molecular weight is 423 g/mol. The van der Waals surface area contributed by atoms with Crippen LogP contribution in [-0.2, 0) is 4.79 Å². The molecule has 0 bridgehead atoms. The van der Waals surface area contributed by atoms with Crippen LogP contribution in [-0.4, -0.2) is 34.9 Å². The quantitative estimate of drug-likeness (QED) is 0.388. The van der Waals surface area contributed by atoms with Gasteiger partial charge in [-0.1, -0.05) is 37.5 Å². The summed E-state index contributed by atoms with van der Waals surface area (Å²) in [5, 5.41) is 3.06. The van der Waals surface area contributed by atoms with E-state index in [0.29, 0.717) is 17.7 Å². The van der Waals surface area contributed by atoms with Crippen molar-refractivity contribution in [3.8, 4) is 0 Å². The molecule has 0 atom stereocenters. The van der Waals surface area contributed by atoms with E-state index >= 15 is 0 Å². The second-order valence-corrected chi connectivity index (χ2v) is 9.03. The van der Waals surface area contributed by atoms with Gasteiger partial charge < -0.3 is 5.32 Å². The highest BCUT2D eigenvalue weighted by atomic mass is 32.2. The van der Waals surface area contributed by atoms with Crippen molar-refractivity contribution in [2.75, 3.05) is 17.6 Å². The zero-order valence-corrected chi connectivity index (χ0v) is 17.7. The summed E-state index contributed by atoms with van der Waals surface area (Å²) in [6.07, 6.45) is 6.20. The Balaban J connectivity index is 1.26. The largest absolute Gasteiger partial charge is 0.326 e. The summed E-state index contributed by atoms with van der Waals surface area (Å²) < 4.78 is 0. The zero-order chi connectivity index (χ0) is 20.9. The highest BCUT2D eigenvalue weighted by molar-refractivity contribution is 7.99. The molecule has 5 nitrogen and oxygen atoms in total. The van der Waals surface area contributed by atoms with E-state index in [2.05, 4.69) is 5.32 Å². The highest BCUT2D eigenvalue weighted by Crippen LogP contribution is 2.27. The maximum Gasteiger partial charge on any atom is 0.261 e. The molecule has 0 saturated heterocycles. The zero-order valence-electron chi connectivity index (χ0n) is 16.9. The molecule has 1 N–H and O–H groups in total. The van der Waals surface area contributed by atoms with Crippen LogP contribution in [0.15, 0.2) is 53.4 Å². The molecule has 1 fully saturated rings. The number of rotatable bonds is 7. The molecule has 1 aliphatic carbocycles. The Morgan fingerprint density at radius 3 is 2.37 bits per heavy atom. The smallest absolute Gasteiger partial charge is 0.261 e. The third-order valence-electron chi connectivity index (χ3n) is 5.75. The number of hydrogen-bond donors (Lipinski definition) is 1. The van der Waals surface area contributed by atoms with Gasteiger partial charge in [0.2, 0.25) is 5.91 Å². The Kier molecular flexibility index (Phi) is 6.53. The molecule has 1 saturated carbocycles. The first kappa shape index (κ1) is 20.7. The van der Waals surface area contributed by atoms with Gasteiger partial charge >= 0.3 is 0 Å². The van der Waals surface area contributed by atoms with Crippen LogP contribution in [0.4, 0.5) is 5.69 Å². The number of nitrogens with zero attached hydrogens (tertiary/aromatic N) is 1. The predicted molar refractivity (Wildman–Crippen MR) is 119 cm³/mol. The SMILES string of the molecule is O=C(Nc1cccc(SCCCN2C(=O)c3ccccc3C2=O)c1)C1CCCCC1. The number of benzene rings is 2. The minimum atomic E-state index is -0.201. The van der Waals surface area contributed by atoms with Crippen molar-refractivity contribution < 1.29 is 14.4 Å². The molecule has 156 valence electrons. The number of carbonyl (C=O) groups is 3. The Bertz CT molecular complexity index is 918. The van der Waals surface area contributed by atoms with Crippen LogP contribution in [0.25, 0.3) is 0 Å². The van der Waals surface area contributed by atoms with Gasteiger partial charge in [0.05, 0.1) is 11.1 Å². The lowest BCUT2D eigenvalue weighted by atomic mass is 9.88. The first-order valence-electron chi connectivity index (χ1n) is 10.6. The Morgan fingerprint density at radius 2 is 1.67 bits per heavy atom. The summed E-state index contributed by atoms with van der Waals surface area (Å²) in [7, 11) is 0. The van der Waals surface area contributed by atoms with Crippen molar-refractivity contribution in [1.29, 1.82) is 0 Å². The second-order valence-electron chi connectivity index (χ2n) is 7.86. The van der Waals surface area contributed by atoms with E-state index in [1.807, 2.05) is 24.3 Å². The van der Waals surface area contributed by atoms with E-state index in [4.69, 9.17) is 0 Å². The van der Waals surface area contributed by atoms with Crippen molar-refractivity contribution >= 4 is 35.2 Å². The molecular weight excluding hydrogens is 396 g/mol. The maximum absolute atomic E-state index is 12.5. The number of hydrogen-bond acceptors (Lipinski definition) is 4. The summed E-state index contributed by atoms with van der Waals surface area (Å²) in [6.45, 7) is 0.414. The van der Waals surface area contributed by atoms with Crippen molar-refractivity contribution in [2.24, 2.45) is 5.92 Å². The molecule has 4 rings (SSSR count). The van der Waals surface area contributed by atoms with E-state index in [1.165, 1.54) is 11.3 Å². The van der Waals surface area contributed by atoms with Crippen molar-refractivity contribution in [2.45, 2.75) is 43.4 Å². The van der Waals surface area contributed by atoms with E-state index in [9.17, 15) is 14.4 Å². The third kappa shape index (κ3) is 4.59. The highest BCUT2D eigenvalue weighted by Gasteiger charge is 2.34. The number of anilines is 1. The lowest BCUT2D eigenvalue weighted by Gasteiger charge is -2.20. The Morgan fingerprint density at radius 1 is 0.967 bits per heavy atom. The fourth-order valence-electron chi connectivity index (χ4n) is 4.13. The van der Waals surface area contributed by atoms with Gasteiger partial charge in [-0.25, -0.2) is 0 Å². The Hall–Kier alpha value is -2.60. The van der Waals surface area contributed by atoms with Gasteiger partial charge in [-0.15, -0.1) is 11.8 Å². The van der Waals surface area contributed by atoms with Gasteiger partial charge in [0.15, 0.2) is 0 Å². The molecular formula is C24H26N2O3S. The second kappa shape index (κ2) is 9.47. The van der Waals surface area contributed by atoms with Gasteiger partial charge in [0.25, 0.3) is 11.8 Å². The maximum atomic E-state index is 12.5. The van der Waals surface area contributed by atoms with Gasteiger partial charge in [0, 0.05) is 23.0 Å². The van der Waals surface area contributed by atoms with E-state index in [0.717, 1.165) is 48.4 Å². The standard InChI is InChI=1S/C24H26N2O3S/c27-22(17-8-2-1-3-9-17)25-18-10-6-11-19(16-18)30-15-7-14-26-23(28)20-12-4-5-13-21(20)24(26)29/h4-6,10-13,16-17H,1-3,7-9,14-15H2,(H,25,27).